The van der Waals surface area contributed by atoms with Gasteiger partial charge in [-0.05, 0) is 30.5 Å². The van der Waals surface area contributed by atoms with E-state index in [1.165, 1.54) is 0 Å². The molecule has 1 aromatic heterocycles. The Morgan fingerprint density at radius 2 is 2.07 bits per heavy atom. The summed E-state index contributed by atoms with van der Waals surface area (Å²) >= 11 is 0. The summed E-state index contributed by atoms with van der Waals surface area (Å²) in [5.74, 6) is -0.136. The van der Waals surface area contributed by atoms with Crippen molar-refractivity contribution < 1.29 is 9.53 Å². The summed E-state index contributed by atoms with van der Waals surface area (Å²) in [7, 11) is 0. The van der Waals surface area contributed by atoms with Gasteiger partial charge in [-0.15, -0.1) is 0 Å². The number of carbonyl (C=O) groups is 1. The zero-order chi connectivity index (χ0) is 19.1. The minimum atomic E-state index is -0.136. The average Bonchev–Trinajstić information content (AvgIpc) is 2.70. The molecule has 0 unspecified atom stereocenters. The van der Waals surface area contributed by atoms with Crippen molar-refractivity contribution in [3.63, 3.8) is 0 Å². The predicted octanol–water partition coefficient (Wildman–Crippen LogP) is 2.95. The molecule has 3 rings (SSSR count). The first-order valence-corrected chi connectivity index (χ1v) is 9.56. The van der Waals surface area contributed by atoms with Gasteiger partial charge >= 0.3 is 0 Å². The number of benzene rings is 1. The molecule has 0 atom stereocenters. The van der Waals surface area contributed by atoms with Gasteiger partial charge in [0, 0.05) is 44.3 Å². The summed E-state index contributed by atoms with van der Waals surface area (Å²) in [4.78, 5) is 19.3. The molecule has 1 aromatic carbocycles. The lowest BCUT2D eigenvalue weighted by atomic mass is 10.1. The van der Waals surface area contributed by atoms with Crippen LogP contribution in [0.5, 0.6) is 0 Å². The van der Waals surface area contributed by atoms with E-state index in [1.54, 1.807) is 12.4 Å². The summed E-state index contributed by atoms with van der Waals surface area (Å²) in [6.07, 6.45) is 4.23. The van der Waals surface area contributed by atoms with E-state index in [0.717, 1.165) is 68.3 Å². The summed E-state index contributed by atoms with van der Waals surface area (Å²) < 4.78 is 5.36. The third kappa shape index (κ3) is 5.28. The van der Waals surface area contributed by atoms with Crippen LogP contribution in [0.15, 0.2) is 36.7 Å². The Bertz CT molecular complexity index is 773. The zero-order valence-corrected chi connectivity index (χ0v) is 16.1. The molecule has 27 heavy (non-hydrogen) atoms. The smallest absolute Gasteiger partial charge is 0.257 e. The summed E-state index contributed by atoms with van der Waals surface area (Å²) in [5.41, 5.74) is 4.51. The quantitative estimate of drug-likeness (QED) is 0.787. The fraction of sp³-hybridized carbons (Fsp3) is 0.429. The molecule has 1 aliphatic heterocycles. The number of aromatic nitrogens is 1. The van der Waals surface area contributed by atoms with E-state index in [0.29, 0.717) is 5.56 Å². The van der Waals surface area contributed by atoms with Crippen molar-refractivity contribution in [3.8, 4) is 0 Å². The van der Waals surface area contributed by atoms with Crippen LogP contribution < -0.4 is 10.6 Å². The molecule has 6 heteroatoms. The van der Waals surface area contributed by atoms with Crippen molar-refractivity contribution in [1.82, 2.24) is 9.88 Å². The van der Waals surface area contributed by atoms with Crippen LogP contribution in [0, 0.1) is 6.92 Å². The molecule has 144 valence electrons. The second kappa shape index (κ2) is 9.48. The molecule has 2 heterocycles. The number of hydrogen-bond donors (Lipinski definition) is 2. The van der Waals surface area contributed by atoms with E-state index in [9.17, 15) is 4.79 Å². The number of rotatable bonds is 7. The van der Waals surface area contributed by atoms with E-state index in [2.05, 4.69) is 27.4 Å². The number of amides is 1. The standard InChI is InChI=1S/C21H28N4O2/c1-3-17-6-4-5-16(2)20(17)24-21(26)18-13-19(15-22-14-18)23-7-8-25-9-11-27-12-10-25/h4-6,13-15,23H,3,7-12H2,1-2H3,(H,24,26). The normalized spacial score (nSPS) is 14.7. The van der Waals surface area contributed by atoms with Crippen LogP contribution in [0.1, 0.15) is 28.4 Å². The van der Waals surface area contributed by atoms with Gasteiger partial charge in [0.2, 0.25) is 0 Å². The number of carbonyl (C=O) groups excluding carboxylic acids is 1. The molecular weight excluding hydrogens is 340 g/mol. The van der Waals surface area contributed by atoms with Crippen molar-refractivity contribution in [3.05, 3.63) is 53.3 Å². The van der Waals surface area contributed by atoms with Gasteiger partial charge in [0.25, 0.3) is 5.91 Å². The molecule has 2 N–H and O–H groups in total. The van der Waals surface area contributed by atoms with Crippen LogP contribution >= 0.6 is 0 Å². The molecule has 1 aliphatic rings. The number of pyridine rings is 1. The Hall–Kier alpha value is -2.44. The summed E-state index contributed by atoms with van der Waals surface area (Å²) in [5, 5.41) is 6.41. The highest BCUT2D eigenvalue weighted by Crippen LogP contribution is 2.22. The zero-order valence-electron chi connectivity index (χ0n) is 16.1. The molecule has 2 aromatic rings. The maximum absolute atomic E-state index is 12.7. The highest BCUT2D eigenvalue weighted by Gasteiger charge is 2.12. The maximum atomic E-state index is 12.7. The predicted molar refractivity (Wildman–Crippen MR) is 108 cm³/mol. The molecule has 0 radical (unpaired) electrons. The lowest BCUT2D eigenvalue weighted by molar-refractivity contribution is 0.0398. The van der Waals surface area contributed by atoms with Gasteiger partial charge in [-0.25, -0.2) is 0 Å². The second-order valence-corrected chi connectivity index (χ2v) is 6.76. The first-order chi connectivity index (χ1) is 13.2. The van der Waals surface area contributed by atoms with Gasteiger partial charge < -0.3 is 15.4 Å². The highest BCUT2D eigenvalue weighted by atomic mass is 16.5. The SMILES string of the molecule is CCc1cccc(C)c1NC(=O)c1cncc(NCCN2CCOCC2)c1. The topological polar surface area (TPSA) is 66.5 Å². The first-order valence-electron chi connectivity index (χ1n) is 9.56. The van der Waals surface area contributed by atoms with Gasteiger partial charge in [-0.1, -0.05) is 25.1 Å². The van der Waals surface area contributed by atoms with E-state index >= 15 is 0 Å². The number of morpholine rings is 1. The van der Waals surface area contributed by atoms with Crippen LogP contribution in [0.25, 0.3) is 0 Å². The van der Waals surface area contributed by atoms with E-state index < -0.39 is 0 Å². The molecule has 1 fully saturated rings. The third-order valence-corrected chi connectivity index (χ3v) is 4.84. The Morgan fingerprint density at radius 3 is 2.85 bits per heavy atom. The van der Waals surface area contributed by atoms with Gasteiger partial charge in [0.1, 0.15) is 0 Å². The average molecular weight is 368 g/mol. The lowest BCUT2D eigenvalue weighted by Gasteiger charge is -2.26. The summed E-state index contributed by atoms with van der Waals surface area (Å²) in [6, 6.07) is 7.93. The molecule has 0 spiro atoms. The Kier molecular flexibility index (Phi) is 6.79. The number of nitrogens with zero attached hydrogens (tertiary/aromatic N) is 2. The van der Waals surface area contributed by atoms with Crippen LogP contribution in [-0.2, 0) is 11.2 Å². The van der Waals surface area contributed by atoms with E-state index in [1.807, 2.05) is 31.2 Å². The molecule has 1 saturated heterocycles. The number of ether oxygens (including phenoxy) is 1. The minimum Gasteiger partial charge on any atom is -0.382 e. The Balaban J connectivity index is 1.60. The number of hydrogen-bond acceptors (Lipinski definition) is 5. The van der Waals surface area contributed by atoms with Crippen molar-refractivity contribution in [2.24, 2.45) is 0 Å². The fourth-order valence-electron chi connectivity index (χ4n) is 3.23. The third-order valence-electron chi connectivity index (χ3n) is 4.84. The van der Waals surface area contributed by atoms with Crippen LogP contribution in [0.4, 0.5) is 11.4 Å². The monoisotopic (exact) mass is 368 g/mol. The molecular formula is C21H28N4O2. The van der Waals surface area contributed by atoms with Crippen molar-refractivity contribution in [2.75, 3.05) is 50.0 Å². The number of nitrogens with one attached hydrogen (secondary N) is 2. The van der Waals surface area contributed by atoms with Crippen molar-refractivity contribution >= 4 is 17.3 Å². The first kappa shape index (κ1) is 19.3. The van der Waals surface area contributed by atoms with Gasteiger partial charge in [0.15, 0.2) is 0 Å². The summed E-state index contributed by atoms with van der Waals surface area (Å²) in [6.45, 7) is 9.40. The van der Waals surface area contributed by atoms with Crippen molar-refractivity contribution in [1.29, 1.82) is 0 Å². The van der Waals surface area contributed by atoms with E-state index in [4.69, 9.17) is 4.74 Å². The van der Waals surface area contributed by atoms with Gasteiger partial charge in [0.05, 0.1) is 24.5 Å². The van der Waals surface area contributed by atoms with E-state index in [-0.39, 0.29) is 5.91 Å². The fourth-order valence-corrected chi connectivity index (χ4v) is 3.23. The van der Waals surface area contributed by atoms with Crippen LogP contribution in [-0.4, -0.2) is 55.2 Å². The lowest BCUT2D eigenvalue weighted by Crippen LogP contribution is -2.39. The second-order valence-electron chi connectivity index (χ2n) is 6.76. The highest BCUT2D eigenvalue weighted by molar-refractivity contribution is 6.05. The van der Waals surface area contributed by atoms with Crippen LogP contribution in [0.3, 0.4) is 0 Å². The van der Waals surface area contributed by atoms with Crippen molar-refractivity contribution in [2.45, 2.75) is 20.3 Å². The number of anilines is 2. The Labute approximate surface area is 160 Å². The largest absolute Gasteiger partial charge is 0.382 e. The van der Waals surface area contributed by atoms with Gasteiger partial charge in [-0.3, -0.25) is 14.7 Å². The number of aryl methyl sites for hydroxylation is 2. The Morgan fingerprint density at radius 1 is 1.26 bits per heavy atom. The molecule has 0 bridgehead atoms. The molecule has 6 nitrogen and oxygen atoms in total. The molecule has 0 saturated carbocycles. The minimum absolute atomic E-state index is 0.136. The molecule has 1 amide bonds. The molecule has 0 aliphatic carbocycles. The van der Waals surface area contributed by atoms with Gasteiger partial charge in [-0.2, -0.15) is 0 Å². The van der Waals surface area contributed by atoms with Crippen LogP contribution in [0.2, 0.25) is 0 Å². The maximum Gasteiger partial charge on any atom is 0.257 e. The number of para-hydroxylation sites is 1.